The third kappa shape index (κ3) is 3.13. The van der Waals surface area contributed by atoms with E-state index in [9.17, 15) is 9.59 Å². The lowest BCUT2D eigenvalue weighted by molar-refractivity contribution is 0.0601. The van der Waals surface area contributed by atoms with Gasteiger partial charge in [-0.05, 0) is 33.6 Å². The van der Waals surface area contributed by atoms with Crippen LogP contribution in [0.2, 0.25) is 0 Å². The SMILES string of the molecule is COC(=O)c1cc(Br)nc(-c2cccc(C=O)c2)c1N=[N+]=[N-]. The van der Waals surface area contributed by atoms with Crippen molar-refractivity contribution < 1.29 is 14.3 Å². The van der Waals surface area contributed by atoms with E-state index in [1.54, 1.807) is 24.3 Å². The van der Waals surface area contributed by atoms with E-state index in [-0.39, 0.29) is 16.9 Å². The van der Waals surface area contributed by atoms with Crippen molar-refractivity contribution in [2.75, 3.05) is 7.11 Å². The number of hydrogen-bond acceptors (Lipinski definition) is 5. The highest BCUT2D eigenvalue weighted by molar-refractivity contribution is 9.10. The molecule has 0 aliphatic heterocycles. The van der Waals surface area contributed by atoms with Gasteiger partial charge in [0.05, 0.1) is 24.1 Å². The molecule has 0 atom stereocenters. The molecule has 0 radical (unpaired) electrons. The van der Waals surface area contributed by atoms with Gasteiger partial charge >= 0.3 is 5.97 Å². The summed E-state index contributed by atoms with van der Waals surface area (Å²) in [5, 5.41) is 3.56. The zero-order chi connectivity index (χ0) is 16.1. The second-order valence-electron chi connectivity index (χ2n) is 4.11. The van der Waals surface area contributed by atoms with Crippen LogP contribution in [0.25, 0.3) is 21.7 Å². The number of carbonyl (C=O) groups is 2. The van der Waals surface area contributed by atoms with Gasteiger partial charge in [0, 0.05) is 16.0 Å². The van der Waals surface area contributed by atoms with Crippen LogP contribution < -0.4 is 0 Å². The van der Waals surface area contributed by atoms with Crippen molar-refractivity contribution in [3.63, 3.8) is 0 Å². The molecule has 0 spiro atoms. The Morgan fingerprint density at radius 2 is 2.23 bits per heavy atom. The fraction of sp³-hybridized carbons (Fsp3) is 0.0714. The maximum atomic E-state index is 11.9. The monoisotopic (exact) mass is 360 g/mol. The molecule has 110 valence electrons. The first-order chi connectivity index (χ1) is 10.6. The average Bonchev–Trinajstić information content (AvgIpc) is 2.55. The van der Waals surface area contributed by atoms with Gasteiger partial charge in [-0.15, -0.1) is 0 Å². The Morgan fingerprint density at radius 1 is 1.45 bits per heavy atom. The van der Waals surface area contributed by atoms with E-state index in [4.69, 9.17) is 5.53 Å². The molecule has 8 heteroatoms. The van der Waals surface area contributed by atoms with Gasteiger partial charge in [-0.3, -0.25) is 4.79 Å². The number of carbonyl (C=O) groups excluding carboxylic acids is 2. The van der Waals surface area contributed by atoms with Gasteiger partial charge in [-0.1, -0.05) is 23.3 Å². The highest BCUT2D eigenvalue weighted by Gasteiger charge is 2.18. The summed E-state index contributed by atoms with van der Waals surface area (Å²) in [6.07, 6.45) is 0.690. The van der Waals surface area contributed by atoms with E-state index in [0.29, 0.717) is 22.0 Å². The van der Waals surface area contributed by atoms with Gasteiger partial charge in [0.15, 0.2) is 0 Å². The quantitative estimate of drug-likeness (QED) is 0.204. The number of rotatable bonds is 4. The number of azide groups is 1. The van der Waals surface area contributed by atoms with E-state index >= 15 is 0 Å². The first-order valence-electron chi connectivity index (χ1n) is 6.00. The highest BCUT2D eigenvalue weighted by Crippen LogP contribution is 2.34. The maximum Gasteiger partial charge on any atom is 0.338 e. The molecule has 1 heterocycles. The van der Waals surface area contributed by atoms with Crippen LogP contribution >= 0.6 is 15.9 Å². The number of methoxy groups -OCH3 is 1. The Balaban J connectivity index is 2.78. The van der Waals surface area contributed by atoms with Crippen LogP contribution in [0.5, 0.6) is 0 Å². The highest BCUT2D eigenvalue weighted by atomic mass is 79.9. The molecule has 0 N–H and O–H groups in total. The van der Waals surface area contributed by atoms with Crippen LogP contribution in [0.3, 0.4) is 0 Å². The van der Waals surface area contributed by atoms with Gasteiger partial charge < -0.3 is 4.74 Å². The predicted octanol–water partition coefficient (Wildman–Crippen LogP) is 4.05. The van der Waals surface area contributed by atoms with Crippen molar-refractivity contribution in [3.05, 3.63) is 56.5 Å². The van der Waals surface area contributed by atoms with Gasteiger partial charge in [0.1, 0.15) is 10.9 Å². The Morgan fingerprint density at radius 3 is 2.86 bits per heavy atom. The van der Waals surface area contributed by atoms with Gasteiger partial charge in [-0.2, -0.15) is 0 Å². The number of hydrogen-bond donors (Lipinski definition) is 0. The molecule has 0 saturated carbocycles. The van der Waals surface area contributed by atoms with Crippen LogP contribution in [0.15, 0.2) is 40.0 Å². The Bertz CT molecular complexity index is 801. The van der Waals surface area contributed by atoms with E-state index in [1.807, 2.05) is 0 Å². The third-order valence-electron chi connectivity index (χ3n) is 2.81. The lowest BCUT2D eigenvalue weighted by Crippen LogP contribution is -2.03. The zero-order valence-corrected chi connectivity index (χ0v) is 12.9. The van der Waals surface area contributed by atoms with Crippen LogP contribution in [0, 0.1) is 0 Å². The summed E-state index contributed by atoms with van der Waals surface area (Å²) in [5.74, 6) is -0.654. The summed E-state index contributed by atoms with van der Waals surface area (Å²) in [7, 11) is 1.23. The smallest absolute Gasteiger partial charge is 0.338 e. The molecule has 0 fully saturated rings. The maximum absolute atomic E-state index is 11.9. The summed E-state index contributed by atoms with van der Waals surface area (Å²) in [6, 6.07) is 7.98. The predicted molar refractivity (Wildman–Crippen MR) is 82.9 cm³/mol. The molecule has 2 aromatic rings. The molecule has 0 unspecified atom stereocenters. The Hall–Kier alpha value is -2.70. The second-order valence-corrected chi connectivity index (χ2v) is 4.93. The van der Waals surface area contributed by atoms with Crippen molar-refractivity contribution in [1.82, 2.24) is 4.98 Å². The first-order valence-corrected chi connectivity index (χ1v) is 6.79. The standard InChI is InChI=1S/C14H9BrN4O3/c1-22-14(21)10-6-11(15)17-12(13(10)18-19-16)9-4-2-3-8(5-9)7-20/h2-7H,1H3. The number of nitrogens with zero attached hydrogens (tertiary/aromatic N) is 4. The second kappa shape index (κ2) is 6.84. The summed E-state index contributed by atoms with van der Waals surface area (Å²) >= 11 is 3.21. The summed E-state index contributed by atoms with van der Waals surface area (Å²) in [6.45, 7) is 0. The summed E-state index contributed by atoms with van der Waals surface area (Å²) in [4.78, 5) is 29.7. The summed E-state index contributed by atoms with van der Waals surface area (Å²) in [5.41, 5.74) is 10.1. The van der Waals surface area contributed by atoms with Crippen molar-refractivity contribution >= 4 is 33.9 Å². The van der Waals surface area contributed by atoms with Crippen LogP contribution in [0.4, 0.5) is 5.69 Å². The largest absolute Gasteiger partial charge is 0.465 e. The Kier molecular flexibility index (Phi) is 4.88. The molecule has 2 rings (SSSR count). The van der Waals surface area contributed by atoms with Gasteiger partial charge in [-0.25, -0.2) is 9.78 Å². The van der Waals surface area contributed by atoms with Crippen molar-refractivity contribution in [2.45, 2.75) is 0 Å². The van der Waals surface area contributed by atoms with Gasteiger partial charge in [0.25, 0.3) is 0 Å². The van der Waals surface area contributed by atoms with E-state index < -0.39 is 5.97 Å². The van der Waals surface area contributed by atoms with Crippen molar-refractivity contribution in [2.24, 2.45) is 5.11 Å². The fourth-order valence-corrected chi connectivity index (χ4v) is 2.29. The minimum Gasteiger partial charge on any atom is -0.465 e. The van der Waals surface area contributed by atoms with Crippen LogP contribution in [-0.2, 0) is 4.74 Å². The topological polar surface area (TPSA) is 105 Å². The molecule has 0 aliphatic carbocycles. The first kappa shape index (κ1) is 15.7. The van der Waals surface area contributed by atoms with E-state index in [2.05, 4.69) is 35.7 Å². The molecule has 0 saturated heterocycles. The lowest BCUT2D eigenvalue weighted by atomic mass is 10.0. The minimum atomic E-state index is -0.654. The number of ether oxygens (including phenoxy) is 1. The molecule has 0 aliphatic rings. The molecular weight excluding hydrogens is 352 g/mol. The third-order valence-corrected chi connectivity index (χ3v) is 3.21. The van der Waals surface area contributed by atoms with E-state index in [1.165, 1.54) is 13.2 Å². The van der Waals surface area contributed by atoms with Crippen LogP contribution in [0.1, 0.15) is 20.7 Å². The lowest BCUT2D eigenvalue weighted by Gasteiger charge is -2.10. The molecule has 1 aromatic carbocycles. The normalized spacial score (nSPS) is 9.73. The number of aldehydes is 1. The number of benzene rings is 1. The van der Waals surface area contributed by atoms with Crippen molar-refractivity contribution in [3.8, 4) is 11.3 Å². The zero-order valence-electron chi connectivity index (χ0n) is 11.4. The van der Waals surface area contributed by atoms with E-state index in [0.717, 1.165) is 0 Å². The minimum absolute atomic E-state index is 0.0422. The number of aromatic nitrogens is 1. The molecule has 0 bridgehead atoms. The summed E-state index contributed by atoms with van der Waals surface area (Å²) < 4.78 is 5.06. The number of esters is 1. The van der Waals surface area contributed by atoms with Gasteiger partial charge in [0.2, 0.25) is 0 Å². The number of halogens is 1. The molecule has 1 aromatic heterocycles. The Labute approximate surface area is 133 Å². The molecular formula is C14H9BrN4O3. The fourth-order valence-electron chi connectivity index (χ4n) is 1.88. The number of pyridine rings is 1. The molecule has 7 nitrogen and oxygen atoms in total. The van der Waals surface area contributed by atoms with Crippen molar-refractivity contribution in [1.29, 1.82) is 0 Å². The average molecular weight is 361 g/mol. The molecule has 22 heavy (non-hydrogen) atoms. The van der Waals surface area contributed by atoms with Crippen LogP contribution in [-0.4, -0.2) is 24.3 Å². The molecule has 0 amide bonds.